The molecule has 0 aliphatic carbocycles. The van der Waals surface area contributed by atoms with Crippen molar-refractivity contribution in [3.8, 4) is 0 Å². The monoisotopic (exact) mass is 296 g/mol. The summed E-state index contributed by atoms with van der Waals surface area (Å²) in [4.78, 5) is 0. The summed E-state index contributed by atoms with van der Waals surface area (Å²) in [6.45, 7) is 17.7. The van der Waals surface area contributed by atoms with Gasteiger partial charge in [0.1, 0.15) is 0 Å². The van der Waals surface area contributed by atoms with Gasteiger partial charge in [0.05, 0.1) is 0 Å². The molecule has 0 aliphatic rings. The molecule has 0 unspecified atom stereocenters. The zero-order valence-electron chi connectivity index (χ0n) is 13.7. The van der Waals surface area contributed by atoms with Gasteiger partial charge in [-0.25, -0.2) is 0 Å². The zero-order valence-corrected chi connectivity index (χ0v) is 13.7. The molecule has 1 aromatic carbocycles. The predicted octanol–water partition coefficient (Wildman–Crippen LogP) is 7.80. The Labute approximate surface area is 137 Å². The van der Waals surface area contributed by atoms with Crippen LogP contribution in [-0.4, -0.2) is 0 Å². The molecule has 0 heteroatoms. The minimum Gasteiger partial charge on any atom is -0.0776 e. The zero-order chi connectivity index (χ0) is 14.4. The molecule has 0 saturated carbocycles. The lowest BCUT2D eigenvalue weighted by molar-refractivity contribution is 0.407. The Balaban J connectivity index is -0.000000276. The fourth-order valence-electron chi connectivity index (χ4n) is 2.00. The Bertz CT molecular complexity index is 282. The van der Waals surface area contributed by atoms with Gasteiger partial charge in [0, 0.05) is 0 Å². The van der Waals surface area contributed by atoms with E-state index in [0.717, 1.165) is 12.8 Å². The van der Waals surface area contributed by atoms with Gasteiger partial charge < -0.3 is 0 Å². The van der Waals surface area contributed by atoms with Gasteiger partial charge in [0.2, 0.25) is 0 Å². The van der Waals surface area contributed by atoms with Crippen LogP contribution in [0.25, 0.3) is 0 Å². The summed E-state index contributed by atoms with van der Waals surface area (Å²) in [5.74, 6) is 0. The van der Waals surface area contributed by atoms with E-state index in [1.165, 1.54) is 11.1 Å². The van der Waals surface area contributed by atoms with E-state index in [1.54, 1.807) is 0 Å². The molecule has 0 saturated heterocycles. The van der Waals surface area contributed by atoms with E-state index in [9.17, 15) is 0 Å². The van der Waals surface area contributed by atoms with Crippen LogP contribution in [-0.2, 0) is 12.8 Å². The van der Waals surface area contributed by atoms with Crippen LogP contribution < -0.4 is 0 Å². The van der Waals surface area contributed by atoms with Crippen LogP contribution in [0.15, 0.2) is 24.3 Å². The maximum Gasteiger partial charge on any atom is -0.0230 e. The van der Waals surface area contributed by atoms with E-state index in [1.807, 2.05) is 13.8 Å². The summed E-state index contributed by atoms with van der Waals surface area (Å²) < 4.78 is 0. The van der Waals surface area contributed by atoms with Gasteiger partial charge in [-0.3, -0.25) is 0 Å². The summed E-state index contributed by atoms with van der Waals surface area (Å²) >= 11 is 0. The lowest BCUT2D eigenvalue weighted by Crippen LogP contribution is -2.10. The summed E-state index contributed by atoms with van der Waals surface area (Å²) in [7, 11) is 0. The molecule has 128 valence electrons. The summed E-state index contributed by atoms with van der Waals surface area (Å²) in [5, 5.41) is 0. The van der Waals surface area contributed by atoms with Gasteiger partial charge >= 0.3 is 0 Å². The van der Waals surface area contributed by atoms with Crippen LogP contribution in [0.5, 0.6) is 0 Å². The number of benzene rings is 1. The molecule has 21 heavy (non-hydrogen) atoms. The van der Waals surface area contributed by atoms with Crippen molar-refractivity contribution in [1.29, 1.82) is 0 Å². The van der Waals surface area contributed by atoms with Gasteiger partial charge in [-0.1, -0.05) is 102 Å². The maximum atomic E-state index is 2.29. The summed E-state index contributed by atoms with van der Waals surface area (Å²) in [6.07, 6.45) is 2.31. The third-order valence-electron chi connectivity index (χ3n) is 2.49. The van der Waals surface area contributed by atoms with Crippen molar-refractivity contribution in [1.82, 2.24) is 0 Å². The molecule has 0 fully saturated rings. The molecular weight excluding hydrogens is 252 g/mol. The molecule has 0 atom stereocenters. The highest BCUT2D eigenvalue weighted by Crippen LogP contribution is 2.23. The van der Waals surface area contributed by atoms with Crippen molar-refractivity contribution >= 4 is 0 Å². The van der Waals surface area contributed by atoms with Gasteiger partial charge in [-0.15, -0.1) is 0 Å². The average Bonchev–Trinajstić information content (AvgIpc) is 2.20. The Morgan fingerprint density at radius 1 is 0.571 bits per heavy atom. The molecular formula is C21H44. The first-order valence-corrected chi connectivity index (χ1v) is 7.24. The van der Waals surface area contributed by atoms with Crippen molar-refractivity contribution in [3.63, 3.8) is 0 Å². The highest BCUT2D eigenvalue weighted by atomic mass is 14.2. The normalized spacial score (nSPS) is 10.1. The minimum absolute atomic E-state index is 0. The maximum absolute atomic E-state index is 2.29. The number of hydrogen-bond donors (Lipinski definition) is 0. The number of hydrogen-bond acceptors (Lipinski definition) is 0. The molecule has 0 radical (unpaired) electrons. The second-order valence-corrected chi connectivity index (χ2v) is 7.29. The lowest BCUT2D eigenvalue weighted by Gasteiger charge is -2.20. The first kappa shape index (κ1) is 28.4. The third-order valence-corrected chi connectivity index (χ3v) is 2.49. The summed E-state index contributed by atoms with van der Waals surface area (Å²) in [5.41, 5.74) is 3.66. The summed E-state index contributed by atoms with van der Waals surface area (Å²) in [6, 6.07) is 9.14. The van der Waals surface area contributed by atoms with Crippen molar-refractivity contribution in [3.05, 3.63) is 35.4 Å². The molecule has 0 N–H and O–H groups in total. The largest absolute Gasteiger partial charge is 0.0776 e. The Morgan fingerprint density at radius 3 is 0.905 bits per heavy atom. The fraction of sp³-hybridized carbons (Fsp3) is 0.714. The molecule has 0 nitrogen and oxygen atoms in total. The van der Waals surface area contributed by atoms with Crippen molar-refractivity contribution < 1.29 is 0 Å². The van der Waals surface area contributed by atoms with E-state index in [4.69, 9.17) is 0 Å². The van der Waals surface area contributed by atoms with Gasteiger partial charge in [0.25, 0.3) is 0 Å². The molecule has 1 aromatic rings. The Morgan fingerprint density at radius 2 is 0.762 bits per heavy atom. The van der Waals surface area contributed by atoms with Crippen LogP contribution in [0.1, 0.15) is 88.8 Å². The van der Waals surface area contributed by atoms with Crippen LogP contribution in [0.4, 0.5) is 0 Å². The SMILES string of the molecule is C.C.C.CC.CC(C)(C)Cc1ccc(CC(C)(C)C)cc1. The fourth-order valence-corrected chi connectivity index (χ4v) is 2.00. The van der Waals surface area contributed by atoms with E-state index < -0.39 is 0 Å². The first-order valence-electron chi connectivity index (χ1n) is 7.24. The van der Waals surface area contributed by atoms with Crippen LogP contribution >= 0.6 is 0 Å². The van der Waals surface area contributed by atoms with Crippen LogP contribution in [0.3, 0.4) is 0 Å². The van der Waals surface area contributed by atoms with Crippen molar-refractivity contribution in [2.75, 3.05) is 0 Å². The molecule has 0 heterocycles. The smallest absolute Gasteiger partial charge is 0.0230 e. The second kappa shape index (κ2) is 11.8. The molecule has 0 spiro atoms. The molecule has 1 rings (SSSR count). The predicted molar refractivity (Wildman–Crippen MR) is 104 cm³/mol. The third kappa shape index (κ3) is 15.4. The lowest BCUT2D eigenvalue weighted by atomic mass is 9.85. The molecule has 0 aromatic heterocycles. The Hall–Kier alpha value is -0.780. The standard InChI is InChI=1S/C16H26.C2H6.3CH4/c1-15(2,3)11-13-7-9-14(10-8-13)12-16(4,5)6;1-2;;;/h7-10H,11-12H2,1-6H3;1-2H3;3*1H4. The average molecular weight is 297 g/mol. The molecule has 0 amide bonds. The highest BCUT2D eigenvalue weighted by molar-refractivity contribution is 5.24. The van der Waals surface area contributed by atoms with E-state index in [0.29, 0.717) is 10.8 Å². The van der Waals surface area contributed by atoms with E-state index >= 15 is 0 Å². The minimum atomic E-state index is 0. The quantitative estimate of drug-likeness (QED) is 0.522. The Kier molecular flexibility index (Phi) is 16.0. The van der Waals surface area contributed by atoms with Gasteiger partial charge in [-0.2, -0.15) is 0 Å². The van der Waals surface area contributed by atoms with Crippen LogP contribution in [0.2, 0.25) is 0 Å². The van der Waals surface area contributed by atoms with Gasteiger partial charge in [-0.05, 0) is 34.8 Å². The molecule has 0 aliphatic heterocycles. The van der Waals surface area contributed by atoms with E-state index in [-0.39, 0.29) is 22.3 Å². The topological polar surface area (TPSA) is 0 Å². The second-order valence-electron chi connectivity index (χ2n) is 7.29. The van der Waals surface area contributed by atoms with E-state index in [2.05, 4.69) is 65.8 Å². The molecule has 0 bridgehead atoms. The number of rotatable bonds is 2. The van der Waals surface area contributed by atoms with Crippen molar-refractivity contribution in [2.45, 2.75) is 90.5 Å². The van der Waals surface area contributed by atoms with Crippen LogP contribution in [0, 0.1) is 10.8 Å². The first-order chi connectivity index (χ1) is 8.16. The van der Waals surface area contributed by atoms with Crippen molar-refractivity contribution in [2.24, 2.45) is 10.8 Å². The van der Waals surface area contributed by atoms with Gasteiger partial charge in [0.15, 0.2) is 0 Å². The highest BCUT2D eigenvalue weighted by Gasteiger charge is 2.13.